The van der Waals surface area contributed by atoms with E-state index in [1.807, 2.05) is 14.1 Å². The van der Waals surface area contributed by atoms with Crippen LogP contribution in [0.4, 0.5) is 0 Å². The second kappa shape index (κ2) is 10.2. The van der Waals surface area contributed by atoms with Crippen LogP contribution in [0.5, 0.6) is 0 Å². The third-order valence-corrected chi connectivity index (χ3v) is 7.31. The van der Waals surface area contributed by atoms with E-state index in [0.717, 1.165) is 57.4 Å². The van der Waals surface area contributed by atoms with Gasteiger partial charge in [0, 0.05) is 42.6 Å². The summed E-state index contributed by atoms with van der Waals surface area (Å²) < 4.78 is 0. The second-order valence-corrected chi connectivity index (χ2v) is 9.72. The first-order valence-electron chi connectivity index (χ1n) is 12.0. The number of aliphatic hydroxyl groups excluding tert-OH is 1. The van der Waals surface area contributed by atoms with E-state index in [0.29, 0.717) is 11.9 Å². The highest BCUT2D eigenvalue weighted by Crippen LogP contribution is 2.42. The molecule has 5 nitrogen and oxygen atoms in total. The Bertz CT molecular complexity index is 804. The molecule has 0 bridgehead atoms. The summed E-state index contributed by atoms with van der Waals surface area (Å²) in [6, 6.07) is 8.99. The number of aliphatic hydroxyl groups is 1. The summed E-state index contributed by atoms with van der Waals surface area (Å²) >= 11 is 0. The van der Waals surface area contributed by atoms with E-state index in [1.165, 1.54) is 18.4 Å². The fourth-order valence-electron chi connectivity index (χ4n) is 5.66. The third-order valence-electron chi connectivity index (χ3n) is 7.31. The van der Waals surface area contributed by atoms with E-state index in [9.17, 15) is 9.90 Å². The number of benzene rings is 1. The molecule has 2 aliphatic heterocycles. The standard InChI is InChI=1S/C26H37N3O2/c1-27(2)15-7-8-20-11-13-21(14-12-20)25-23-18-28(26(31)22-9-3-4-10-22)16-5-6-17-29(23)24(25)19-30/h11-14,22-25,30H,3-6,9-10,15-19H2,1-2H3/t23-,24-,25+/m1/s1. The number of hydrogen-bond acceptors (Lipinski definition) is 4. The molecule has 1 N–H and O–H groups in total. The van der Waals surface area contributed by atoms with Crippen molar-refractivity contribution in [3.05, 3.63) is 35.4 Å². The van der Waals surface area contributed by atoms with Gasteiger partial charge in [-0.1, -0.05) is 36.8 Å². The smallest absolute Gasteiger partial charge is 0.225 e. The molecule has 2 saturated heterocycles. The van der Waals surface area contributed by atoms with Crippen molar-refractivity contribution < 1.29 is 9.90 Å². The lowest BCUT2D eigenvalue weighted by molar-refractivity contribution is -0.140. The van der Waals surface area contributed by atoms with Crippen LogP contribution in [-0.4, -0.2) is 84.7 Å². The van der Waals surface area contributed by atoms with Crippen molar-refractivity contribution >= 4 is 5.91 Å². The first-order chi connectivity index (χ1) is 15.1. The monoisotopic (exact) mass is 423 g/mol. The summed E-state index contributed by atoms with van der Waals surface area (Å²) in [6.07, 6.45) is 6.66. The van der Waals surface area contributed by atoms with Gasteiger partial charge >= 0.3 is 0 Å². The topological polar surface area (TPSA) is 47.0 Å². The summed E-state index contributed by atoms with van der Waals surface area (Å²) in [4.78, 5) is 19.8. The minimum absolute atomic E-state index is 0.150. The Morgan fingerprint density at radius 2 is 1.81 bits per heavy atom. The highest BCUT2D eigenvalue weighted by Gasteiger charge is 2.49. The molecule has 1 aromatic carbocycles. The van der Waals surface area contributed by atoms with Crippen molar-refractivity contribution in [1.29, 1.82) is 0 Å². The molecule has 168 valence electrons. The summed E-state index contributed by atoms with van der Waals surface area (Å²) in [5, 5.41) is 10.1. The van der Waals surface area contributed by atoms with Crippen LogP contribution in [0.3, 0.4) is 0 Å². The average molecular weight is 424 g/mol. The van der Waals surface area contributed by atoms with E-state index in [1.54, 1.807) is 0 Å². The van der Waals surface area contributed by atoms with Crippen molar-refractivity contribution in [2.24, 2.45) is 5.92 Å². The molecule has 4 rings (SSSR count). The third kappa shape index (κ3) is 4.98. The maximum Gasteiger partial charge on any atom is 0.225 e. The minimum atomic E-state index is 0.150. The molecule has 0 unspecified atom stereocenters. The Morgan fingerprint density at radius 1 is 1.10 bits per heavy atom. The molecule has 0 radical (unpaired) electrons. The lowest BCUT2D eigenvalue weighted by Gasteiger charge is -2.57. The fraction of sp³-hybridized carbons (Fsp3) is 0.654. The molecule has 3 atom stereocenters. The van der Waals surface area contributed by atoms with Crippen LogP contribution in [0.1, 0.15) is 55.6 Å². The summed E-state index contributed by atoms with van der Waals surface area (Å²) in [7, 11) is 4.04. The average Bonchev–Trinajstić information content (AvgIpc) is 3.28. The van der Waals surface area contributed by atoms with E-state index < -0.39 is 0 Å². The molecule has 3 aliphatic rings. The Morgan fingerprint density at radius 3 is 2.48 bits per heavy atom. The van der Waals surface area contributed by atoms with Crippen LogP contribution in [0.2, 0.25) is 0 Å². The van der Waals surface area contributed by atoms with Crippen LogP contribution in [0.15, 0.2) is 24.3 Å². The van der Waals surface area contributed by atoms with E-state index in [2.05, 4.69) is 50.8 Å². The molecule has 3 fully saturated rings. The highest BCUT2D eigenvalue weighted by atomic mass is 16.3. The first kappa shape index (κ1) is 22.3. The van der Waals surface area contributed by atoms with E-state index >= 15 is 0 Å². The van der Waals surface area contributed by atoms with Crippen LogP contribution in [0, 0.1) is 17.8 Å². The molecule has 5 heteroatoms. The number of fused-ring (bicyclic) bond motifs is 1. The quantitative estimate of drug-likeness (QED) is 0.756. The zero-order valence-electron chi connectivity index (χ0n) is 19.1. The van der Waals surface area contributed by atoms with Gasteiger partial charge in [-0.3, -0.25) is 14.6 Å². The Kier molecular flexibility index (Phi) is 7.32. The molecule has 0 spiro atoms. The molecule has 0 aromatic heterocycles. The summed E-state index contributed by atoms with van der Waals surface area (Å²) in [5.41, 5.74) is 2.28. The van der Waals surface area contributed by atoms with Gasteiger partial charge in [-0.2, -0.15) is 0 Å². The number of amides is 1. The van der Waals surface area contributed by atoms with Gasteiger partial charge in [0.2, 0.25) is 5.91 Å². The summed E-state index contributed by atoms with van der Waals surface area (Å²) in [6.45, 7) is 3.62. The number of carbonyl (C=O) groups is 1. The second-order valence-electron chi connectivity index (χ2n) is 9.72. The maximum absolute atomic E-state index is 13.2. The molecule has 31 heavy (non-hydrogen) atoms. The molecule has 1 saturated carbocycles. The molecular weight excluding hydrogens is 386 g/mol. The van der Waals surface area contributed by atoms with E-state index in [-0.39, 0.29) is 24.5 Å². The lowest BCUT2D eigenvalue weighted by atomic mass is 9.74. The lowest BCUT2D eigenvalue weighted by Crippen LogP contribution is -2.68. The van der Waals surface area contributed by atoms with Crippen LogP contribution in [0.25, 0.3) is 0 Å². The predicted molar refractivity (Wildman–Crippen MR) is 124 cm³/mol. The fourth-order valence-corrected chi connectivity index (χ4v) is 5.66. The Labute approximate surface area is 187 Å². The predicted octanol–water partition coefficient (Wildman–Crippen LogP) is 2.54. The first-order valence-corrected chi connectivity index (χ1v) is 12.0. The van der Waals surface area contributed by atoms with Crippen LogP contribution in [-0.2, 0) is 4.79 Å². The molecule has 1 aliphatic carbocycles. The zero-order valence-corrected chi connectivity index (χ0v) is 19.1. The molecule has 2 heterocycles. The van der Waals surface area contributed by atoms with Crippen molar-refractivity contribution in [3.63, 3.8) is 0 Å². The summed E-state index contributed by atoms with van der Waals surface area (Å²) in [5.74, 6) is 7.29. The van der Waals surface area contributed by atoms with Gasteiger partial charge < -0.3 is 10.0 Å². The van der Waals surface area contributed by atoms with Gasteiger partial charge in [0.15, 0.2) is 0 Å². The molecule has 1 amide bonds. The van der Waals surface area contributed by atoms with Crippen LogP contribution >= 0.6 is 0 Å². The Hall–Kier alpha value is -1.87. The maximum atomic E-state index is 13.2. The zero-order chi connectivity index (χ0) is 21.8. The van der Waals surface area contributed by atoms with Crippen molar-refractivity contribution in [3.8, 4) is 11.8 Å². The van der Waals surface area contributed by atoms with Gasteiger partial charge in [0.1, 0.15) is 0 Å². The Balaban J connectivity index is 1.49. The van der Waals surface area contributed by atoms with Gasteiger partial charge in [-0.25, -0.2) is 0 Å². The normalized spacial score (nSPS) is 27.1. The van der Waals surface area contributed by atoms with Gasteiger partial charge in [0.05, 0.1) is 13.2 Å². The van der Waals surface area contributed by atoms with Crippen LogP contribution < -0.4 is 0 Å². The SMILES string of the molecule is CN(C)CC#Cc1ccc([C@@H]2[C@@H](CO)N3CCCCN(C(=O)C4CCCC4)C[C@H]23)cc1. The molecule has 1 aromatic rings. The van der Waals surface area contributed by atoms with Gasteiger partial charge in [-0.05, 0) is 64.0 Å². The van der Waals surface area contributed by atoms with Crippen molar-refractivity contribution in [2.75, 3.05) is 46.9 Å². The number of rotatable bonds is 4. The van der Waals surface area contributed by atoms with Crippen molar-refractivity contribution in [2.45, 2.75) is 56.5 Å². The molecular formula is C26H37N3O2. The number of hydrogen-bond donors (Lipinski definition) is 1. The largest absolute Gasteiger partial charge is 0.395 e. The number of nitrogens with zero attached hydrogens (tertiary/aromatic N) is 3. The van der Waals surface area contributed by atoms with Gasteiger partial charge in [-0.15, -0.1) is 0 Å². The number of carbonyl (C=O) groups excluding carboxylic acids is 1. The van der Waals surface area contributed by atoms with Gasteiger partial charge in [0.25, 0.3) is 0 Å². The van der Waals surface area contributed by atoms with Crippen molar-refractivity contribution in [1.82, 2.24) is 14.7 Å². The minimum Gasteiger partial charge on any atom is -0.395 e. The highest BCUT2D eigenvalue weighted by molar-refractivity contribution is 5.79. The van der Waals surface area contributed by atoms with E-state index in [4.69, 9.17) is 0 Å².